The highest BCUT2D eigenvalue weighted by Gasteiger charge is 2.36. The third kappa shape index (κ3) is 2.14. The summed E-state index contributed by atoms with van der Waals surface area (Å²) >= 11 is 1.72. The zero-order chi connectivity index (χ0) is 15.3. The molecule has 3 N–H and O–H groups in total. The van der Waals surface area contributed by atoms with Gasteiger partial charge in [-0.2, -0.15) is 0 Å². The Labute approximate surface area is 133 Å². The van der Waals surface area contributed by atoms with E-state index in [1.54, 1.807) is 11.3 Å². The largest absolute Gasteiger partial charge is 0.389 e. The van der Waals surface area contributed by atoms with Crippen LogP contribution in [-0.2, 0) is 19.4 Å². The predicted molar refractivity (Wildman–Crippen MR) is 88.1 cm³/mol. The monoisotopic (exact) mass is 316 g/mol. The molecular formula is C16H20N4OS. The minimum Gasteiger partial charge on any atom is -0.389 e. The first-order valence-electron chi connectivity index (χ1n) is 7.81. The van der Waals surface area contributed by atoms with Crippen molar-refractivity contribution in [2.45, 2.75) is 44.9 Å². The molecule has 1 aliphatic heterocycles. The zero-order valence-electron chi connectivity index (χ0n) is 12.6. The Bertz CT molecular complexity index is 714. The summed E-state index contributed by atoms with van der Waals surface area (Å²) in [6, 6.07) is 4.29. The average Bonchev–Trinajstić information content (AvgIpc) is 3.19. The van der Waals surface area contributed by atoms with E-state index in [-0.39, 0.29) is 12.1 Å². The minimum atomic E-state index is -0.272. The number of fused-ring (bicyclic) bond motifs is 1. The lowest BCUT2D eigenvalue weighted by Crippen LogP contribution is -2.59. The molecule has 4 rings (SSSR count). The highest BCUT2D eigenvalue weighted by atomic mass is 32.1. The molecule has 0 aromatic carbocycles. The third-order valence-corrected chi connectivity index (χ3v) is 5.82. The highest BCUT2D eigenvalue weighted by molar-refractivity contribution is 7.15. The first-order chi connectivity index (χ1) is 10.7. The van der Waals surface area contributed by atoms with Gasteiger partial charge in [-0.25, -0.2) is 9.97 Å². The number of aromatic nitrogens is 2. The Morgan fingerprint density at radius 2 is 2.23 bits per heavy atom. The van der Waals surface area contributed by atoms with Gasteiger partial charge in [-0.05, 0) is 38.3 Å². The molecule has 5 nitrogen and oxygen atoms in total. The van der Waals surface area contributed by atoms with Crippen molar-refractivity contribution in [2.75, 3.05) is 11.4 Å². The van der Waals surface area contributed by atoms with Crippen molar-refractivity contribution in [3.8, 4) is 10.6 Å². The molecule has 2 aromatic rings. The average molecular weight is 316 g/mol. The molecule has 22 heavy (non-hydrogen) atoms. The third-order valence-electron chi connectivity index (χ3n) is 4.71. The summed E-state index contributed by atoms with van der Waals surface area (Å²) in [7, 11) is 0. The van der Waals surface area contributed by atoms with Crippen LogP contribution in [0.5, 0.6) is 0 Å². The van der Waals surface area contributed by atoms with Gasteiger partial charge in [0.05, 0.1) is 22.7 Å². The van der Waals surface area contributed by atoms with E-state index in [1.807, 2.05) is 6.92 Å². The van der Waals surface area contributed by atoms with Gasteiger partial charge >= 0.3 is 0 Å². The number of aliphatic hydroxyl groups is 1. The fraction of sp³-hybridized carbons (Fsp3) is 0.500. The van der Waals surface area contributed by atoms with E-state index in [1.165, 1.54) is 21.0 Å². The van der Waals surface area contributed by atoms with Crippen molar-refractivity contribution in [3.63, 3.8) is 0 Å². The number of thiophene rings is 1. The fourth-order valence-electron chi connectivity index (χ4n) is 3.22. The lowest BCUT2D eigenvalue weighted by atomic mass is 10.0. The van der Waals surface area contributed by atoms with Crippen LogP contribution in [0.1, 0.15) is 29.5 Å². The van der Waals surface area contributed by atoms with Gasteiger partial charge in [-0.1, -0.05) is 0 Å². The van der Waals surface area contributed by atoms with Crippen LogP contribution >= 0.6 is 11.3 Å². The SMILES string of the molecule is CC1C(O)CN1c1nc2c(c(-c3ccc(CN)s3)n1)CCC2. The Balaban J connectivity index is 1.78. The Morgan fingerprint density at radius 1 is 1.36 bits per heavy atom. The number of anilines is 1. The van der Waals surface area contributed by atoms with Gasteiger partial charge in [0.15, 0.2) is 0 Å². The van der Waals surface area contributed by atoms with Crippen LogP contribution in [0.15, 0.2) is 12.1 Å². The molecule has 1 saturated heterocycles. The molecule has 2 aromatic heterocycles. The van der Waals surface area contributed by atoms with Gasteiger partial charge < -0.3 is 15.7 Å². The first kappa shape index (κ1) is 14.1. The van der Waals surface area contributed by atoms with Crippen LogP contribution in [0, 0.1) is 0 Å². The lowest BCUT2D eigenvalue weighted by molar-refractivity contribution is 0.0979. The summed E-state index contributed by atoms with van der Waals surface area (Å²) in [5.41, 5.74) is 9.27. The normalized spacial score (nSPS) is 23.5. The van der Waals surface area contributed by atoms with Crippen molar-refractivity contribution in [1.29, 1.82) is 0 Å². The molecule has 2 aliphatic rings. The van der Waals surface area contributed by atoms with Crippen LogP contribution in [0.2, 0.25) is 0 Å². The topological polar surface area (TPSA) is 75.3 Å². The smallest absolute Gasteiger partial charge is 0.226 e. The van der Waals surface area contributed by atoms with Crippen molar-refractivity contribution in [1.82, 2.24) is 9.97 Å². The van der Waals surface area contributed by atoms with Gasteiger partial charge in [0.2, 0.25) is 5.95 Å². The number of hydrogen-bond donors (Lipinski definition) is 2. The fourth-order valence-corrected chi connectivity index (χ4v) is 4.12. The van der Waals surface area contributed by atoms with Crippen LogP contribution in [0.3, 0.4) is 0 Å². The van der Waals surface area contributed by atoms with Gasteiger partial charge in [-0.3, -0.25) is 0 Å². The Morgan fingerprint density at radius 3 is 2.91 bits per heavy atom. The van der Waals surface area contributed by atoms with Crippen molar-refractivity contribution in [3.05, 3.63) is 28.3 Å². The van der Waals surface area contributed by atoms with E-state index in [4.69, 9.17) is 15.7 Å². The van der Waals surface area contributed by atoms with Gasteiger partial charge in [0.1, 0.15) is 0 Å². The Kier molecular flexibility index (Phi) is 3.40. The summed E-state index contributed by atoms with van der Waals surface area (Å²) in [6.45, 7) is 3.21. The zero-order valence-corrected chi connectivity index (χ0v) is 13.4. The maximum absolute atomic E-state index is 9.75. The molecule has 0 spiro atoms. The molecular weight excluding hydrogens is 296 g/mol. The van der Waals surface area contributed by atoms with Crippen molar-refractivity contribution in [2.24, 2.45) is 5.73 Å². The molecule has 116 valence electrons. The van der Waals surface area contributed by atoms with Gasteiger partial charge in [-0.15, -0.1) is 11.3 Å². The van der Waals surface area contributed by atoms with Crippen LogP contribution < -0.4 is 10.6 Å². The van der Waals surface area contributed by atoms with Crippen LogP contribution in [0.4, 0.5) is 5.95 Å². The van der Waals surface area contributed by atoms with E-state index in [2.05, 4.69) is 17.0 Å². The maximum Gasteiger partial charge on any atom is 0.226 e. The second-order valence-corrected chi connectivity index (χ2v) is 7.25. The molecule has 2 unspecified atom stereocenters. The summed E-state index contributed by atoms with van der Waals surface area (Å²) in [6.07, 6.45) is 2.95. The number of hydrogen-bond acceptors (Lipinski definition) is 6. The van der Waals surface area contributed by atoms with Crippen molar-refractivity contribution >= 4 is 17.3 Å². The number of rotatable bonds is 3. The molecule has 0 radical (unpaired) electrons. The molecule has 2 atom stereocenters. The van der Waals surface area contributed by atoms with E-state index >= 15 is 0 Å². The van der Waals surface area contributed by atoms with E-state index in [9.17, 15) is 5.11 Å². The van der Waals surface area contributed by atoms with Crippen LogP contribution in [0.25, 0.3) is 10.6 Å². The number of nitrogens with zero attached hydrogens (tertiary/aromatic N) is 3. The van der Waals surface area contributed by atoms with E-state index in [0.717, 1.165) is 30.9 Å². The van der Waals surface area contributed by atoms with Crippen molar-refractivity contribution < 1.29 is 5.11 Å². The van der Waals surface area contributed by atoms with E-state index < -0.39 is 0 Å². The second kappa shape index (κ2) is 5.30. The highest BCUT2D eigenvalue weighted by Crippen LogP contribution is 2.36. The van der Waals surface area contributed by atoms with Crippen LogP contribution in [-0.4, -0.2) is 33.8 Å². The number of aryl methyl sites for hydroxylation is 1. The quantitative estimate of drug-likeness (QED) is 0.902. The van der Waals surface area contributed by atoms with Gasteiger partial charge in [0, 0.05) is 29.2 Å². The van der Waals surface area contributed by atoms with Gasteiger partial charge in [0.25, 0.3) is 0 Å². The number of aliphatic hydroxyl groups excluding tert-OH is 1. The maximum atomic E-state index is 9.75. The summed E-state index contributed by atoms with van der Waals surface area (Å²) in [5.74, 6) is 0.760. The summed E-state index contributed by atoms with van der Waals surface area (Å²) in [4.78, 5) is 14.0. The molecule has 0 bridgehead atoms. The Hall–Kier alpha value is -1.50. The summed E-state index contributed by atoms with van der Waals surface area (Å²) in [5, 5.41) is 9.75. The first-order valence-corrected chi connectivity index (χ1v) is 8.62. The molecule has 3 heterocycles. The molecule has 6 heteroatoms. The standard InChI is InChI=1S/C16H20N4OS/c1-9-13(21)8-20(9)16-18-12-4-2-3-11(12)15(19-16)14-6-5-10(7-17)22-14/h5-6,9,13,21H,2-4,7-8,17H2,1H3. The second-order valence-electron chi connectivity index (χ2n) is 6.08. The number of β-amino-alcohol motifs (C(OH)–C–C–N with tert-alkyl or cyclic N) is 1. The molecule has 0 amide bonds. The molecule has 1 aliphatic carbocycles. The summed E-state index contributed by atoms with van der Waals surface area (Å²) < 4.78 is 0. The molecule has 0 saturated carbocycles. The predicted octanol–water partition coefficient (Wildman–Crippen LogP) is 1.72. The minimum absolute atomic E-state index is 0.0928. The number of nitrogens with two attached hydrogens (primary N) is 1. The lowest BCUT2D eigenvalue weighted by Gasteiger charge is -2.43. The molecule has 1 fully saturated rings. The van der Waals surface area contributed by atoms with E-state index in [0.29, 0.717) is 13.1 Å².